The summed E-state index contributed by atoms with van der Waals surface area (Å²) in [6.07, 6.45) is -4.59. The summed E-state index contributed by atoms with van der Waals surface area (Å²) < 4.78 is 46.9. The van der Waals surface area contributed by atoms with E-state index in [0.29, 0.717) is 16.7 Å². The Morgan fingerprint density at radius 2 is 1.87 bits per heavy atom. The molecule has 2 atom stereocenters. The smallest absolute Gasteiger partial charge is 0.418 e. The fourth-order valence-electron chi connectivity index (χ4n) is 3.26. The van der Waals surface area contributed by atoms with E-state index in [9.17, 15) is 18.0 Å². The SMILES string of the molecule is COc1ccc([C@H]2Nn3c(C)nnc3S[C@H]2C(=O)Nc2ccccc2C(F)(F)F)cc1. The van der Waals surface area contributed by atoms with Crippen LogP contribution < -0.4 is 15.5 Å². The number of hydrogen-bond donors (Lipinski definition) is 2. The average Bonchev–Trinajstić information content (AvgIpc) is 3.12. The van der Waals surface area contributed by atoms with E-state index < -0.39 is 28.9 Å². The molecule has 2 N–H and O–H groups in total. The predicted octanol–water partition coefficient (Wildman–Crippen LogP) is 4.01. The number of methoxy groups -OCH3 is 1. The van der Waals surface area contributed by atoms with Crippen LogP contribution in [0.2, 0.25) is 0 Å². The third kappa shape index (κ3) is 4.18. The predicted molar refractivity (Wildman–Crippen MR) is 110 cm³/mol. The average molecular weight is 449 g/mol. The number of aromatic nitrogens is 3. The van der Waals surface area contributed by atoms with E-state index in [0.717, 1.165) is 23.4 Å². The van der Waals surface area contributed by atoms with Crippen LogP contribution in [0.4, 0.5) is 18.9 Å². The normalized spacial score (nSPS) is 18.1. The largest absolute Gasteiger partial charge is 0.497 e. The van der Waals surface area contributed by atoms with Crippen LogP contribution in [-0.4, -0.2) is 33.1 Å². The number of benzene rings is 2. The molecule has 1 amide bonds. The van der Waals surface area contributed by atoms with Crippen LogP contribution in [0.15, 0.2) is 53.7 Å². The first kappa shape index (κ1) is 21.0. The number of fused-ring (bicyclic) bond motifs is 1. The highest BCUT2D eigenvalue weighted by Crippen LogP contribution is 2.39. The van der Waals surface area contributed by atoms with Gasteiger partial charge in [-0.3, -0.25) is 4.79 Å². The Bertz CT molecular complexity index is 1100. The fourth-order valence-corrected chi connectivity index (χ4v) is 4.39. The highest BCUT2D eigenvalue weighted by atomic mass is 32.2. The van der Waals surface area contributed by atoms with Crippen molar-refractivity contribution in [1.82, 2.24) is 14.9 Å². The lowest BCUT2D eigenvalue weighted by molar-refractivity contribution is -0.137. The van der Waals surface area contributed by atoms with Crippen molar-refractivity contribution in [2.45, 2.75) is 29.5 Å². The number of nitrogens with one attached hydrogen (secondary N) is 2. The Labute approximate surface area is 180 Å². The van der Waals surface area contributed by atoms with Gasteiger partial charge in [-0.05, 0) is 36.8 Å². The number of amides is 1. The van der Waals surface area contributed by atoms with Gasteiger partial charge >= 0.3 is 6.18 Å². The molecular weight excluding hydrogens is 431 g/mol. The molecule has 1 aliphatic rings. The first-order valence-electron chi connectivity index (χ1n) is 9.24. The van der Waals surface area contributed by atoms with E-state index in [1.165, 1.54) is 18.2 Å². The first-order valence-corrected chi connectivity index (χ1v) is 10.1. The molecule has 1 aromatic heterocycles. The number of alkyl halides is 3. The molecule has 0 spiro atoms. The Hall–Kier alpha value is -3.21. The Balaban J connectivity index is 1.68. The second kappa shape index (κ2) is 8.14. The molecular formula is C20H18F3N5O2S. The van der Waals surface area contributed by atoms with E-state index in [-0.39, 0.29) is 5.69 Å². The van der Waals surface area contributed by atoms with Crippen molar-refractivity contribution in [3.8, 4) is 5.75 Å². The third-order valence-corrected chi connectivity index (χ3v) is 6.04. The van der Waals surface area contributed by atoms with Gasteiger partial charge in [0, 0.05) is 0 Å². The highest BCUT2D eigenvalue weighted by Gasteiger charge is 2.39. The number of aryl methyl sites for hydroxylation is 1. The van der Waals surface area contributed by atoms with E-state index in [1.54, 1.807) is 43.0 Å². The molecule has 0 radical (unpaired) electrons. The molecule has 31 heavy (non-hydrogen) atoms. The van der Waals surface area contributed by atoms with Gasteiger partial charge in [-0.2, -0.15) is 13.2 Å². The van der Waals surface area contributed by atoms with Crippen molar-refractivity contribution in [2.75, 3.05) is 17.9 Å². The molecule has 0 saturated heterocycles. The quantitative estimate of drug-likeness (QED) is 0.627. The Morgan fingerprint density at radius 3 is 2.55 bits per heavy atom. The van der Waals surface area contributed by atoms with Crippen LogP contribution in [-0.2, 0) is 11.0 Å². The van der Waals surface area contributed by atoms with E-state index in [4.69, 9.17) is 4.74 Å². The van der Waals surface area contributed by atoms with Crippen LogP contribution in [0, 0.1) is 6.92 Å². The molecule has 162 valence electrons. The maximum atomic E-state index is 13.4. The summed E-state index contributed by atoms with van der Waals surface area (Å²) in [6, 6.07) is 11.4. The van der Waals surface area contributed by atoms with Gasteiger partial charge in [-0.25, -0.2) is 4.68 Å². The van der Waals surface area contributed by atoms with Gasteiger partial charge in [0.25, 0.3) is 0 Å². The van der Waals surface area contributed by atoms with Crippen LogP contribution in [0.5, 0.6) is 5.75 Å². The summed E-state index contributed by atoms with van der Waals surface area (Å²) in [6.45, 7) is 1.76. The number of thioether (sulfide) groups is 1. The van der Waals surface area contributed by atoms with Crippen molar-refractivity contribution in [2.24, 2.45) is 0 Å². The molecule has 2 heterocycles. The Morgan fingerprint density at radius 1 is 1.16 bits per heavy atom. The summed E-state index contributed by atoms with van der Waals surface area (Å²) in [4.78, 5) is 13.1. The zero-order valence-corrected chi connectivity index (χ0v) is 17.3. The number of halogens is 3. The second-order valence-corrected chi connectivity index (χ2v) is 7.92. The standard InChI is InChI=1S/C20H18F3N5O2S/c1-11-25-26-19-28(11)27-16(12-7-9-13(30-2)10-8-12)17(31-19)18(29)24-15-6-4-3-5-14(15)20(21,22)23/h3-10,16-17,27H,1-2H3,(H,24,29)/t16-,17-/m1/s1. The summed E-state index contributed by atoms with van der Waals surface area (Å²) in [5.74, 6) is 0.665. The van der Waals surface area contributed by atoms with Crippen molar-refractivity contribution in [3.05, 3.63) is 65.5 Å². The van der Waals surface area contributed by atoms with Gasteiger partial charge < -0.3 is 15.5 Å². The lowest BCUT2D eigenvalue weighted by Crippen LogP contribution is -2.41. The van der Waals surface area contributed by atoms with E-state index >= 15 is 0 Å². The monoisotopic (exact) mass is 449 g/mol. The summed E-state index contributed by atoms with van der Waals surface area (Å²) in [7, 11) is 1.55. The minimum absolute atomic E-state index is 0.294. The molecule has 0 aliphatic carbocycles. The Kier molecular flexibility index (Phi) is 5.52. The highest BCUT2D eigenvalue weighted by molar-refractivity contribution is 8.00. The summed E-state index contributed by atoms with van der Waals surface area (Å²) in [5, 5.41) is 10.1. The summed E-state index contributed by atoms with van der Waals surface area (Å²) >= 11 is 1.13. The van der Waals surface area contributed by atoms with Gasteiger partial charge in [0.2, 0.25) is 11.1 Å². The number of hydrogen-bond acceptors (Lipinski definition) is 6. The van der Waals surface area contributed by atoms with Crippen LogP contribution in [0.25, 0.3) is 0 Å². The van der Waals surface area contributed by atoms with Gasteiger partial charge in [-0.1, -0.05) is 36.0 Å². The molecule has 11 heteroatoms. The third-order valence-electron chi connectivity index (χ3n) is 4.82. The lowest BCUT2D eigenvalue weighted by atomic mass is 10.0. The number of nitrogens with zero attached hydrogens (tertiary/aromatic N) is 3. The molecule has 4 rings (SSSR count). The van der Waals surface area contributed by atoms with Gasteiger partial charge in [0.05, 0.1) is 24.4 Å². The van der Waals surface area contributed by atoms with E-state index in [2.05, 4.69) is 20.9 Å². The number of para-hydroxylation sites is 1. The molecule has 1 aliphatic heterocycles. The number of ether oxygens (including phenoxy) is 1. The van der Waals surface area contributed by atoms with Gasteiger partial charge in [0.15, 0.2) is 0 Å². The zero-order valence-electron chi connectivity index (χ0n) is 16.5. The minimum Gasteiger partial charge on any atom is -0.497 e. The van der Waals surface area contributed by atoms with Crippen molar-refractivity contribution < 1.29 is 22.7 Å². The first-order chi connectivity index (χ1) is 14.8. The maximum Gasteiger partial charge on any atom is 0.418 e. The number of carbonyl (C=O) groups is 1. The molecule has 0 bridgehead atoms. The van der Waals surface area contributed by atoms with Crippen LogP contribution in [0.1, 0.15) is 23.0 Å². The second-order valence-electron chi connectivity index (χ2n) is 6.82. The molecule has 3 aromatic rings. The van der Waals surface area contributed by atoms with Gasteiger partial charge in [0.1, 0.15) is 16.8 Å². The van der Waals surface area contributed by atoms with Crippen LogP contribution in [0.3, 0.4) is 0 Å². The fraction of sp³-hybridized carbons (Fsp3) is 0.250. The number of carbonyl (C=O) groups excluding carboxylic acids is 1. The molecule has 7 nitrogen and oxygen atoms in total. The van der Waals surface area contributed by atoms with Crippen molar-refractivity contribution in [3.63, 3.8) is 0 Å². The lowest BCUT2D eigenvalue weighted by Gasteiger charge is -2.33. The topological polar surface area (TPSA) is 81.1 Å². The van der Waals surface area contributed by atoms with Crippen molar-refractivity contribution >= 4 is 23.4 Å². The van der Waals surface area contributed by atoms with E-state index in [1.807, 2.05) is 0 Å². The summed E-state index contributed by atoms with van der Waals surface area (Å²) in [5.41, 5.74) is 2.77. The van der Waals surface area contributed by atoms with Crippen molar-refractivity contribution in [1.29, 1.82) is 0 Å². The van der Waals surface area contributed by atoms with Gasteiger partial charge in [-0.15, -0.1) is 10.2 Å². The molecule has 0 fully saturated rings. The molecule has 0 unspecified atom stereocenters. The molecule has 0 saturated carbocycles. The maximum absolute atomic E-state index is 13.4. The minimum atomic E-state index is -4.59. The van der Waals surface area contributed by atoms with Crippen LogP contribution >= 0.6 is 11.8 Å². The number of anilines is 1. The zero-order chi connectivity index (χ0) is 22.2. The molecule has 2 aromatic carbocycles. The number of rotatable bonds is 4.